The zero-order valence-electron chi connectivity index (χ0n) is 21.7. The average molecular weight is 471 g/mol. The summed E-state index contributed by atoms with van der Waals surface area (Å²) in [6.07, 6.45) is 22.0. The number of hydrogen-bond donors (Lipinski definition) is 0. The molecule has 1 aliphatic rings. The Bertz CT molecular complexity index is 735. The van der Waals surface area contributed by atoms with Crippen molar-refractivity contribution in [2.75, 3.05) is 6.61 Å². The van der Waals surface area contributed by atoms with Crippen LogP contribution in [0.5, 0.6) is 5.75 Å². The molecule has 0 aromatic carbocycles. The van der Waals surface area contributed by atoms with Crippen LogP contribution in [0.2, 0.25) is 0 Å². The minimum Gasteiger partial charge on any atom is -0.491 e. The Morgan fingerprint density at radius 3 is 2.21 bits per heavy atom. The highest BCUT2D eigenvalue weighted by Gasteiger charge is 2.25. The molecule has 0 amide bonds. The Morgan fingerprint density at radius 1 is 0.941 bits per heavy atom. The van der Waals surface area contributed by atoms with E-state index < -0.39 is 5.97 Å². The number of aromatic nitrogens is 1. The standard InChI is InChI=1S/C29H46N2O3/c1-3-5-7-9-10-12-14-20-33-28-23-31-27(21-25(28)22-30)29(32)34-26-18-16-24(17-19-26)15-13-11-8-6-4-2/h21,23-24,26H,3-20H2,1-2H3. The predicted molar refractivity (Wildman–Crippen MR) is 137 cm³/mol. The van der Waals surface area contributed by atoms with Gasteiger partial charge in [-0.2, -0.15) is 5.26 Å². The molecule has 1 saturated carbocycles. The molecule has 2 rings (SSSR count). The minimum absolute atomic E-state index is 0.0376. The first-order valence-corrected chi connectivity index (χ1v) is 13.9. The van der Waals surface area contributed by atoms with E-state index in [2.05, 4.69) is 24.9 Å². The third kappa shape index (κ3) is 10.9. The smallest absolute Gasteiger partial charge is 0.357 e. The van der Waals surface area contributed by atoms with E-state index in [4.69, 9.17) is 9.47 Å². The molecule has 1 aliphatic carbocycles. The van der Waals surface area contributed by atoms with E-state index in [0.29, 0.717) is 17.9 Å². The van der Waals surface area contributed by atoms with Crippen LogP contribution in [0.4, 0.5) is 0 Å². The summed E-state index contributed by atoms with van der Waals surface area (Å²) in [5.41, 5.74) is 0.537. The molecule has 5 heteroatoms. The molecule has 0 radical (unpaired) electrons. The van der Waals surface area contributed by atoms with Crippen molar-refractivity contribution in [3.8, 4) is 11.8 Å². The Kier molecular flexibility index (Phi) is 14.4. The number of nitrogens with zero attached hydrogens (tertiary/aromatic N) is 2. The van der Waals surface area contributed by atoms with Crippen LogP contribution in [0.3, 0.4) is 0 Å². The van der Waals surface area contributed by atoms with E-state index in [0.717, 1.165) is 44.4 Å². The van der Waals surface area contributed by atoms with Crippen molar-refractivity contribution >= 4 is 5.97 Å². The van der Waals surface area contributed by atoms with E-state index >= 15 is 0 Å². The van der Waals surface area contributed by atoms with Gasteiger partial charge in [-0.25, -0.2) is 9.78 Å². The lowest BCUT2D eigenvalue weighted by atomic mass is 9.84. The molecule has 190 valence electrons. The van der Waals surface area contributed by atoms with Crippen LogP contribution in [0, 0.1) is 17.2 Å². The summed E-state index contributed by atoms with van der Waals surface area (Å²) in [5, 5.41) is 9.51. The van der Waals surface area contributed by atoms with Crippen LogP contribution < -0.4 is 4.74 Å². The molecule has 1 aromatic rings. The number of pyridine rings is 1. The molecule has 1 heterocycles. The van der Waals surface area contributed by atoms with Crippen LogP contribution in [0.15, 0.2) is 12.3 Å². The minimum atomic E-state index is -0.432. The van der Waals surface area contributed by atoms with Crippen LogP contribution >= 0.6 is 0 Å². The number of unbranched alkanes of at least 4 members (excludes halogenated alkanes) is 10. The molecule has 0 bridgehead atoms. The van der Waals surface area contributed by atoms with Crippen molar-refractivity contribution < 1.29 is 14.3 Å². The number of hydrogen-bond acceptors (Lipinski definition) is 5. The molecule has 0 spiro atoms. The quantitative estimate of drug-likeness (QED) is 0.170. The monoisotopic (exact) mass is 470 g/mol. The van der Waals surface area contributed by atoms with Crippen LogP contribution in [0.1, 0.15) is 139 Å². The van der Waals surface area contributed by atoms with Crippen LogP contribution in [-0.2, 0) is 4.74 Å². The van der Waals surface area contributed by atoms with Gasteiger partial charge in [-0.1, -0.05) is 90.9 Å². The third-order valence-electron chi connectivity index (χ3n) is 6.99. The van der Waals surface area contributed by atoms with Gasteiger partial charge >= 0.3 is 5.97 Å². The molecular formula is C29H46N2O3. The Morgan fingerprint density at radius 2 is 1.56 bits per heavy atom. The lowest BCUT2D eigenvalue weighted by molar-refractivity contribution is 0.0154. The van der Waals surface area contributed by atoms with Gasteiger partial charge in [-0.15, -0.1) is 0 Å². The Hall–Kier alpha value is -2.09. The Labute approximate surface area is 207 Å². The van der Waals surface area contributed by atoms with Gasteiger partial charge in [0.25, 0.3) is 0 Å². The van der Waals surface area contributed by atoms with Crippen molar-refractivity contribution in [2.45, 2.75) is 129 Å². The summed E-state index contributed by atoms with van der Waals surface area (Å²) < 4.78 is 11.5. The largest absolute Gasteiger partial charge is 0.491 e. The normalized spacial score (nSPS) is 17.8. The summed E-state index contributed by atoms with van der Waals surface area (Å²) in [4.78, 5) is 16.8. The fourth-order valence-electron chi connectivity index (χ4n) is 4.78. The molecule has 34 heavy (non-hydrogen) atoms. The first kappa shape index (κ1) is 28.1. The number of carbonyl (C=O) groups is 1. The number of rotatable bonds is 17. The second kappa shape index (κ2) is 17.4. The van der Waals surface area contributed by atoms with Gasteiger partial charge in [-0.05, 0) is 44.1 Å². The molecule has 0 atom stereocenters. The van der Waals surface area contributed by atoms with E-state index in [1.807, 2.05) is 0 Å². The topological polar surface area (TPSA) is 72.2 Å². The highest BCUT2D eigenvalue weighted by atomic mass is 16.5. The molecular weight excluding hydrogens is 424 g/mol. The lowest BCUT2D eigenvalue weighted by Gasteiger charge is -2.28. The number of ether oxygens (including phenoxy) is 2. The molecule has 1 aromatic heterocycles. The summed E-state index contributed by atoms with van der Waals surface area (Å²) in [6.45, 7) is 5.04. The van der Waals surface area contributed by atoms with Crippen LogP contribution in [0.25, 0.3) is 0 Å². The summed E-state index contributed by atoms with van der Waals surface area (Å²) >= 11 is 0. The second-order valence-electron chi connectivity index (χ2n) is 9.90. The Balaban J connectivity index is 1.69. The molecule has 0 unspecified atom stereocenters. The first-order chi connectivity index (χ1) is 16.7. The van der Waals surface area contributed by atoms with Gasteiger partial charge in [0.05, 0.1) is 18.4 Å². The van der Waals surface area contributed by atoms with Gasteiger partial charge in [0.2, 0.25) is 0 Å². The summed E-state index contributed by atoms with van der Waals surface area (Å²) in [6, 6.07) is 3.64. The molecule has 0 saturated heterocycles. The predicted octanol–water partition coefficient (Wildman–Crippen LogP) is 8.16. The van der Waals surface area contributed by atoms with Crippen molar-refractivity contribution in [2.24, 2.45) is 5.92 Å². The average Bonchev–Trinajstić information content (AvgIpc) is 2.86. The van der Waals surface area contributed by atoms with E-state index in [1.54, 1.807) is 0 Å². The third-order valence-corrected chi connectivity index (χ3v) is 6.99. The highest BCUT2D eigenvalue weighted by molar-refractivity contribution is 5.88. The van der Waals surface area contributed by atoms with Crippen molar-refractivity contribution in [3.05, 3.63) is 23.5 Å². The molecule has 5 nitrogen and oxygen atoms in total. The molecule has 1 fully saturated rings. The number of esters is 1. The van der Waals surface area contributed by atoms with Crippen molar-refractivity contribution in [3.63, 3.8) is 0 Å². The van der Waals surface area contributed by atoms with Gasteiger partial charge in [0.1, 0.15) is 17.9 Å². The van der Waals surface area contributed by atoms with E-state index in [1.165, 1.54) is 82.9 Å². The zero-order chi connectivity index (χ0) is 24.4. The summed E-state index contributed by atoms with van der Waals surface area (Å²) in [7, 11) is 0. The van der Waals surface area contributed by atoms with Crippen molar-refractivity contribution in [1.29, 1.82) is 5.26 Å². The molecule has 0 aliphatic heterocycles. The fourth-order valence-corrected chi connectivity index (χ4v) is 4.78. The number of carbonyl (C=O) groups excluding carboxylic acids is 1. The molecule has 0 N–H and O–H groups in total. The van der Waals surface area contributed by atoms with Gasteiger partial charge in [0.15, 0.2) is 5.75 Å². The van der Waals surface area contributed by atoms with Crippen molar-refractivity contribution in [1.82, 2.24) is 4.98 Å². The maximum absolute atomic E-state index is 12.6. The fraction of sp³-hybridized carbons (Fsp3) is 0.759. The maximum Gasteiger partial charge on any atom is 0.357 e. The summed E-state index contributed by atoms with van der Waals surface area (Å²) in [5.74, 6) is 0.787. The highest BCUT2D eigenvalue weighted by Crippen LogP contribution is 2.30. The number of nitriles is 1. The second-order valence-corrected chi connectivity index (χ2v) is 9.90. The zero-order valence-corrected chi connectivity index (χ0v) is 21.7. The maximum atomic E-state index is 12.6. The lowest BCUT2D eigenvalue weighted by Crippen LogP contribution is -2.25. The first-order valence-electron chi connectivity index (χ1n) is 13.9. The van der Waals surface area contributed by atoms with Gasteiger partial charge < -0.3 is 9.47 Å². The van der Waals surface area contributed by atoms with Gasteiger partial charge in [-0.3, -0.25) is 0 Å². The van der Waals surface area contributed by atoms with E-state index in [-0.39, 0.29) is 11.8 Å². The van der Waals surface area contributed by atoms with Crippen LogP contribution in [-0.4, -0.2) is 23.7 Å². The SMILES string of the molecule is CCCCCCCCCOc1cnc(C(=O)OC2CCC(CCCCCCC)CC2)cc1C#N. The van der Waals surface area contributed by atoms with E-state index in [9.17, 15) is 10.1 Å². The van der Waals surface area contributed by atoms with Gasteiger partial charge in [0, 0.05) is 0 Å².